The van der Waals surface area contributed by atoms with E-state index in [4.69, 9.17) is 5.11 Å². The van der Waals surface area contributed by atoms with Gasteiger partial charge in [-0.1, -0.05) is 12.1 Å². The van der Waals surface area contributed by atoms with Crippen molar-refractivity contribution in [2.75, 3.05) is 0 Å². The summed E-state index contributed by atoms with van der Waals surface area (Å²) in [6.07, 6.45) is -0.561. The number of phenols is 1. The van der Waals surface area contributed by atoms with E-state index in [1.807, 2.05) is 0 Å². The molecule has 0 radical (unpaired) electrons. The molecule has 2 amide bonds. The number of carbonyl (C=O) groups is 3. The molecule has 0 aliphatic heterocycles. The smallest absolute Gasteiger partial charge is 0.303 e. The quantitative estimate of drug-likeness (QED) is 0.564. The Kier molecular flexibility index (Phi) is 4.67. The van der Waals surface area contributed by atoms with Crippen LogP contribution in [0, 0.1) is 0 Å². The van der Waals surface area contributed by atoms with Crippen LogP contribution in [0.3, 0.4) is 0 Å². The van der Waals surface area contributed by atoms with Crippen LogP contribution >= 0.6 is 0 Å². The molecule has 0 aliphatic rings. The van der Waals surface area contributed by atoms with E-state index in [9.17, 15) is 19.5 Å². The van der Waals surface area contributed by atoms with E-state index in [2.05, 4.69) is 10.9 Å². The number of phenolic OH excluding ortho intramolecular Hbond substituents is 1. The number of nitrogens with one attached hydrogen (secondary N) is 2. The van der Waals surface area contributed by atoms with Gasteiger partial charge in [-0.05, 0) is 12.1 Å². The molecule has 1 aromatic carbocycles. The first-order chi connectivity index (χ1) is 8.50. The predicted octanol–water partition coefficient (Wildman–Crippen LogP) is 0.0180. The van der Waals surface area contributed by atoms with Crippen LogP contribution in [0.1, 0.15) is 23.2 Å². The number of amides is 2. The first-order valence-electron chi connectivity index (χ1n) is 5.09. The molecule has 0 saturated heterocycles. The molecule has 7 heteroatoms. The van der Waals surface area contributed by atoms with Gasteiger partial charge in [-0.15, -0.1) is 0 Å². The van der Waals surface area contributed by atoms with Crippen molar-refractivity contribution in [1.29, 1.82) is 0 Å². The molecular formula is C11H12N2O5. The number of hydrogen-bond acceptors (Lipinski definition) is 4. The molecule has 1 rings (SSSR count). The lowest BCUT2D eigenvalue weighted by atomic mass is 10.2. The van der Waals surface area contributed by atoms with Gasteiger partial charge >= 0.3 is 5.97 Å². The molecule has 0 aliphatic carbocycles. The van der Waals surface area contributed by atoms with Crippen LogP contribution in [0.4, 0.5) is 0 Å². The van der Waals surface area contributed by atoms with Crippen LogP contribution in [0.5, 0.6) is 5.75 Å². The van der Waals surface area contributed by atoms with Crippen molar-refractivity contribution in [3.8, 4) is 5.75 Å². The van der Waals surface area contributed by atoms with Crippen molar-refractivity contribution in [2.24, 2.45) is 0 Å². The molecule has 0 aromatic heterocycles. The number of benzene rings is 1. The van der Waals surface area contributed by atoms with Gasteiger partial charge in [0.2, 0.25) is 5.91 Å². The number of carbonyl (C=O) groups excluding carboxylic acids is 2. The third kappa shape index (κ3) is 4.12. The largest absolute Gasteiger partial charge is 0.507 e. The van der Waals surface area contributed by atoms with Gasteiger partial charge in [0.25, 0.3) is 5.91 Å². The van der Waals surface area contributed by atoms with Crippen LogP contribution in [-0.2, 0) is 9.59 Å². The van der Waals surface area contributed by atoms with Crippen LogP contribution in [-0.4, -0.2) is 28.0 Å². The topological polar surface area (TPSA) is 116 Å². The van der Waals surface area contributed by atoms with Crippen molar-refractivity contribution in [2.45, 2.75) is 12.8 Å². The Morgan fingerprint density at radius 2 is 1.72 bits per heavy atom. The average Bonchev–Trinajstić information content (AvgIpc) is 2.34. The highest BCUT2D eigenvalue weighted by Crippen LogP contribution is 2.14. The highest BCUT2D eigenvalue weighted by molar-refractivity contribution is 5.97. The van der Waals surface area contributed by atoms with Crippen LogP contribution in [0.2, 0.25) is 0 Å². The minimum atomic E-state index is -1.10. The monoisotopic (exact) mass is 252 g/mol. The number of rotatable bonds is 4. The van der Waals surface area contributed by atoms with Gasteiger partial charge in [-0.2, -0.15) is 0 Å². The molecule has 0 bridgehead atoms. The Labute approximate surface area is 102 Å². The van der Waals surface area contributed by atoms with E-state index in [1.54, 1.807) is 12.1 Å². The zero-order valence-electron chi connectivity index (χ0n) is 9.34. The first kappa shape index (κ1) is 13.5. The maximum absolute atomic E-state index is 11.5. The van der Waals surface area contributed by atoms with Gasteiger partial charge in [0.15, 0.2) is 0 Å². The summed E-state index contributed by atoms with van der Waals surface area (Å²) in [7, 11) is 0. The normalized spacial score (nSPS) is 9.56. The first-order valence-corrected chi connectivity index (χ1v) is 5.09. The number of aromatic hydroxyl groups is 1. The average molecular weight is 252 g/mol. The van der Waals surface area contributed by atoms with Crippen LogP contribution in [0.15, 0.2) is 24.3 Å². The highest BCUT2D eigenvalue weighted by Gasteiger charge is 2.11. The Morgan fingerprint density at radius 3 is 2.33 bits per heavy atom. The summed E-state index contributed by atoms with van der Waals surface area (Å²) >= 11 is 0. The SMILES string of the molecule is O=C(O)CCC(=O)NNC(=O)c1ccccc1O. The molecule has 0 spiro atoms. The summed E-state index contributed by atoms with van der Waals surface area (Å²) in [4.78, 5) is 32.8. The molecule has 0 heterocycles. The maximum Gasteiger partial charge on any atom is 0.303 e. The van der Waals surface area contributed by atoms with E-state index in [0.29, 0.717) is 0 Å². The zero-order chi connectivity index (χ0) is 13.5. The van der Waals surface area contributed by atoms with Crippen molar-refractivity contribution < 1.29 is 24.6 Å². The number of aliphatic carboxylic acids is 1. The van der Waals surface area contributed by atoms with Gasteiger partial charge in [0.05, 0.1) is 12.0 Å². The van der Waals surface area contributed by atoms with Gasteiger partial charge < -0.3 is 10.2 Å². The molecule has 18 heavy (non-hydrogen) atoms. The summed E-state index contributed by atoms with van der Waals surface area (Å²) < 4.78 is 0. The zero-order valence-corrected chi connectivity index (χ0v) is 9.34. The Hall–Kier alpha value is -2.57. The third-order valence-electron chi connectivity index (χ3n) is 2.03. The summed E-state index contributed by atoms with van der Waals surface area (Å²) in [5.41, 5.74) is 4.13. The molecule has 0 atom stereocenters. The van der Waals surface area contributed by atoms with Crippen molar-refractivity contribution >= 4 is 17.8 Å². The molecular weight excluding hydrogens is 240 g/mol. The molecule has 0 saturated carbocycles. The lowest BCUT2D eigenvalue weighted by molar-refractivity contribution is -0.138. The molecule has 1 aromatic rings. The highest BCUT2D eigenvalue weighted by atomic mass is 16.4. The van der Waals surface area contributed by atoms with Crippen molar-refractivity contribution in [3.05, 3.63) is 29.8 Å². The second kappa shape index (κ2) is 6.24. The molecule has 0 unspecified atom stereocenters. The van der Waals surface area contributed by atoms with Crippen molar-refractivity contribution in [1.82, 2.24) is 10.9 Å². The minimum Gasteiger partial charge on any atom is -0.507 e. The summed E-state index contributed by atoms with van der Waals surface area (Å²) in [5.74, 6) is -2.62. The lowest BCUT2D eigenvalue weighted by Gasteiger charge is -2.07. The van der Waals surface area contributed by atoms with E-state index >= 15 is 0 Å². The Morgan fingerprint density at radius 1 is 1.06 bits per heavy atom. The molecule has 96 valence electrons. The fourth-order valence-electron chi connectivity index (χ4n) is 1.14. The van der Waals surface area contributed by atoms with Gasteiger partial charge in [0, 0.05) is 6.42 Å². The van der Waals surface area contributed by atoms with Crippen LogP contribution < -0.4 is 10.9 Å². The summed E-state index contributed by atoms with van der Waals surface area (Å²) in [5, 5.41) is 17.7. The standard InChI is InChI=1S/C11H12N2O5/c14-8-4-2-1-3-7(8)11(18)13-12-9(15)5-6-10(16)17/h1-4,14H,5-6H2,(H,12,15)(H,13,18)(H,16,17). The minimum absolute atomic E-state index is 0.0102. The predicted molar refractivity (Wildman–Crippen MR) is 60.6 cm³/mol. The van der Waals surface area contributed by atoms with Gasteiger partial charge in [-0.3, -0.25) is 25.2 Å². The number of hydrazine groups is 1. The van der Waals surface area contributed by atoms with E-state index in [1.165, 1.54) is 12.1 Å². The van der Waals surface area contributed by atoms with E-state index in [0.717, 1.165) is 0 Å². The van der Waals surface area contributed by atoms with E-state index < -0.39 is 17.8 Å². The summed E-state index contributed by atoms with van der Waals surface area (Å²) in [6.45, 7) is 0. The number of carboxylic acids is 1. The second-order valence-corrected chi connectivity index (χ2v) is 3.41. The lowest BCUT2D eigenvalue weighted by Crippen LogP contribution is -2.41. The molecule has 0 fully saturated rings. The summed E-state index contributed by atoms with van der Waals surface area (Å²) in [6, 6.07) is 5.83. The maximum atomic E-state index is 11.5. The van der Waals surface area contributed by atoms with Crippen molar-refractivity contribution in [3.63, 3.8) is 0 Å². The van der Waals surface area contributed by atoms with Gasteiger partial charge in [-0.25, -0.2) is 0 Å². The second-order valence-electron chi connectivity index (χ2n) is 3.41. The Balaban J connectivity index is 2.45. The van der Waals surface area contributed by atoms with E-state index in [-0.39, 0.29) is 24.2 Å². The van der Waals surface area contributed by atoms with Crippen LogP contribution in [0.25, 0.3) is 0 Å². The third-order valence-corrected chi connectivity index (χ3v) is 2.03. The molecule has 7 nitrogen and oxygen atoms in total. The number of para-hydroxylation sites is 1. The van der Waals surface area contributed by atoms with Gasteiger partial charge in [0.1, 0.15) is 5.75 Å². The fourth-order valence-corrected chi connectivity index (χ4v) is 1.14. The number of hydrogen-bond donors (Lipinski definition) is 4. The molecule has 4 N–H and O–H groups in total. The number of carboxylic acid groups (broad SMARTS) is 1. The Bertz CT molecular complexity index is 472. The fraction of sp³-hybridized carbons (Fsp3) is 0.182.